The first-order valence-electron chi connectivity index (χ1n) is 6.11. The molecule has 0 saturated heterocycles. The second-order valence-corrected chi connectivity index (χ2v) is 5.56. The Kier molecular flexibility index (Phi) is 5.36. The zero-order valence-corrected chi connectivity index (χ0v) is 11.0. The van der Waals surface area contributed by atoms with E-state index in [1.54, 1.807) is 0 Å². The van der Waals surface area contributed by atoms with E-state index >= 15 is 0 Å². The average Bonchev–Trinajstić information content (AvgIpc) is 2.25. The van der Waals surface area contributed by atoms with Crippen LogP contribution in [0.5, 0.6) is 0 Å². The highest BCUT2D eigenvalue weighted by molar-refractivity contribution is 5.81. The van der Waals surface area contributed by atoms with Crippen molar-refractivity contribution in [3.63, 3.8) is 0 Å². The number of carbonyl (C=O) groups excluding carboxylic acids is 1. The third-order valence-corrected chi connectivity index (χ3v) is 2.50. The SMILES string of the molecule is CC(C)(C)CCOCC(=O)Cc1ccccc1. The van der Waals surface area contributed by atoms with E-state index in [4.69, 9.17) is 4.74 Å². The molecule has 0 unspecified atom stereocenters. The van der Waals surface area contributed by atoms with E-state index in [1.165, 1.54) is 0 Å². The minimum Gasteiger partial charge on any atom is -0.374 e. The first-order valence-corrected chi connectivity index (χ1v) is 6.11. The Morgan fingerprint density at radius 2 is 1.82 bits per heavy atom. The van der Waals surface area contributed by atoms with E-state index < -0.39 is 0 Å². The molecule has 0 aliphatic carbocycles. The van der Waals surface area contributed by atoms with Gasteiger partial charge in [0.2, 0.25) is 0 Å². The first-order chi connectivity index (χ1) is 7.97. The predicted molar refractivity (Wildman–Crippen MR) is 70.0 cm³/mol. The zero-order chi connectivity index (χ0) is 12.7. The molecule has 0 radical (unpaired) electrons. The number of carbonyl (C=O) groups is 1. The fraction of sp³-hybridized carbons (Fsp3) is 0.533. The van der Waals surface area contributed by atoms with Gasteiger partial charge < -0.3 is 4.74 Å². The average molecular weight is 234 g/mol. The van der Waals surface area contributed by atoms with Crippen molar-refractivity contribution in [3.05, 3.63) is 35.9 Å². The van der Waals surface area contributed by atoms with E-state index in [0.29, 0.717) is 13.0 Å². The van der Waals surface area contributed by atoms with Crippen molar-refractivity contribution in [2.45, 2.75) is 33.6 Å². The quantitative estimate of drug-likeness (QED) is 0.706. The van der Waals surface area contributed by atoms with Crippen molar-refractivity contribution < 1.29 is 9.53 Å². The van der Waals surface area contributed by atoms with Gasteiger partial charge in [0.1, 0.15) is 6.61 Å². The Labute approximate surface area is 104 Å². The van der Waals surface area contributed by atoms with E-state index in [2.05, 4.69) is 20.8 Å². The summed E-state index contributed by atoms with van der Waals surface area (Å²) < 4.78 is 5.39. The Morgan fingerprint density at radius 3 is 2.41 bits per heavy atom. The van der Waals surface area contributed by atoms with Gasteiger partial charge in [0.15, 0.2) is 5.78 Å². The molecule has 0 heterocycles. The topological polar surface area (TPSA) is 26.3 Å². The fourth-order valence-corrected chi connectivity index (χ4v) is 1.44. The number of benzene rings is 1. The second-order valence-electron chi connectivity index (χ2n) is 5.56. The van der Waals surface area contributed by atoms with Crippen LogP contribution in [0, 0.1) is 5.41 Å². The van der Waals surface area contributed by atoms with Crippen LogP contribution in [0.1, 0.15) is 32.8 Å². The molecule has 2 nitrogen and oxygen atoms in total. The van der Waals surface area contributed by atoms with Crippen LogP contribution in [-0.4, -0.2) is 19.0 Å². The van der Waals surface area contributed by atoms with E-state index in [1.807, 2.05) is 30.3 Å². The monoisotopic (exact) mass is 234 g/mol. The minimum absolute atomic E-state index is 0.144. The van der Waals surface area contributed by atoms with Crippen LogP contribution in [0.15, 0.2) is 30.3 Å². The van der Waals surface area contributed by atoms with Crippen molar-refractivity contribution in [3.8, 4) is 0 Å². The molecule has 17 heavy (non-hydrogen) atoms. The molecule has 1 rings (SSSR count). The number of hydrogen-bond acceptors (Lipinski definition) is 2. The smallest absolute Gasteiger partial charge is 0.162 e. The zero-order valence-electron chi connectivity index (χ0n) is 11.0. The Morgan fingerprint density at radius 1 is 1.18 bits per heavy atom. The standard InChI is InChI=1S/C15H22O2/c1-15(2,3)9-10-17-12-14(16)11-13-7-5-4-6-8-13/h4-8H,9-12H2,1-3H3. The van der Waals surface area contributed by atoms with Gasteiger partial charge in [0, 0.05) is 13.0 Å². The van der Waals surface area contributed by atoms with Crippen LogP contribution in [0.3, 0.4) is 0 Å². The van der Waals surface area contributed by atoms with Crippen molar-refractivity contribution in [1.29, 1.82) is 0 Å². The molecule has 0 spiro atoms. The lowest BCUT2D eigenvalue weighted by Crippen LogP contribution is -2.15. The molecule has 0 aliphatic heterocycles. The molecule has 1 aromatic carbocycles. The predicted octanol–water partition coefficient (Wildman–Crippen LogP) is 3.25. The van der Waals surface area contributed by atoms with E-state index in [9.17, 15) is 4.79 Å². The summed E-state index contributed by atoms with van der Waals surface area (Å²) in [5.41, 5.74) is 1.32. The van der Waals surface area contributed by atoms with Gasteiger partial charge in [-0.25, -0.2) is 0 Å². The Hall–Kier alpha value is -1.15. The van der Waals surface area contributed by atoms with Gasteiger partial charge in [0.05, 0.1) is 0 Å². The van der Waals surface area contributed by atoms with Gasteiger partial charge in [-0.2, -0.15) is 0 Å². The lowest BCUT2D eigenvalue weighted by atomic mass is 9.93. The molecule has 0 aliphatic rings. The maximum Gasteiger partial charge on any atom is 0.162 e. The molecule has 0 atom stereocenters. The fourth-order valence-electron chi connectivity index (χ4n) is 1.44. The molecule has 0 fully saturated rings. The largest absolute Gasteiger partial charge is 0.374 e. The highest BCUT2D eigenvalue weighted by atomic mass is 16.5. The molecule has 0 N–H and O–H groups in total. The van der Waals surface area contributed by atoms with Gasteiger partial charge in [-0.05, 0) is 17.4 Å². The summed E-state index contributed by atoms with van der Waals surface area (Å²) in [5.74, 6) is 0.144. The highest BCUT2D eigenvalue weighted by Gasteiger charge is 2.10. The molecular formula is C15H22O2. The minimum atomic E-state index is 0.144. The number of ketones is 1. The molecule has 0 saturated carbocycles. The summed E-state index contributed by atoms with van der Waals surface area (Å²) in [6.45, 7) is 7.39. The van der Waals surface area contributed by atoms with Crippen LogP contribution >= 0.6 is 0 Å². The summed E-state index contributed by atoms with van der Waals surface area (Å²) >= 11 is 0. The van der Waals surface area contributed by atoms with Crippen molar-refractivity contribution >= 4 is 5.78 Å². The number of rotatable bonds is 6. The molecule has 0 amide bonds. The van der Waals surface area contributed by atoms with Crippen LogP contribution in [-0.2, 0) is 16.0 Å². The Balaban J connectivity index is 2.18. The molecule has 2 heteroatoms. The second kappa shape index (κ2) is 6.55. The van der Waals surface area contributed by atoms with Crippen LogP contribution in [0.4, 0.5) is 0 Å². The number of hydrogen-bond donors (Lipinski definition) is 0. The molecule has 94 valence electrons. The highest BCUT2D eigenvalue weighted by Crippen LogP contribution is 2.17. The molecule has 0 bridgehead atoms. The van der Waals surface area contributed by atoms with Crippen molar-refractivity contribution in [2.75, 3.05) is 13.2 Å². The van der Waals surface area contributed by atoms with Gasteiger partial charge >= 0.3 is 0 Å². The van der Waals surface area contributed by atoms with Crippen LogP contribution in [0.2, 0.25) is 0 Å². The van der Waals surface area contributed by atoms with Crippen LogP contribution < -0.4 is 0 Å². The third-order valence-electron chi connectivity index (χ3n) is 2.50. The Bertz CT molecular complexity index is 336. The number of Topliss-reactive ketones (excluding diaryl/α,β-unsaturated/α-hetero) is 1. The van der Waals surface area contributed by atoms with E-state index in [-0.39, 0.29) is 17.8 Å². The van der Waals surface area contributed by atoms with E-state index in [0.717, 1.165) is 12.0 Å². The molecule has 1 aromatic rings. The molecular weight excluding hydrogens is 212 g/mol. The van der Waals surface area contributed by atoms with Gasteiger partial charge in [-0.1, -0.05) is 51.1 Å². The molecule has 0 aromatic heterocycles. The van der Waals surface area contributed by atoms with Gasteiger partial charge in [-0.15, -0.1) is 0 Å². The first kappa shape index (κ1) is 13.9. The van der Waals surface area contributed by atoms with Crippen LogP contribution in [0.25, 0.3) is 0 Å². The van der Waals surface area contributed by atoms with Crippen molar-refractivity contribution in [1.82, 2.24) is 0 Å². The van der Waals surface area contributed by atoms with Crippen molar-refractivity contribution in [2.24, 2.45) is 5.41 Å². The summed E-state index contributed by atoms with van der Waals surface area (Å²) in [4.78, 5) is 11.6. The lowest BCUT2D eigenvalue weighted by Gasteiger charge is -2.17. The maximum absolute atomic E-state index is 11.6. The summed E-state index contributed by atoms with van der Waals surface area (Å²) in [6, 6.07) is 9.78. The summed E-state index contributed by atoms with van der Waals surface area (Å²) in [7, 11) is 0. The normalized spacial score (nSPS) is 11.5. The number of ether oxygens (including phenoxy) is 1. The third kappa shape index (κ3) is 6.90. The lowest BCUT2D eigenvalue weighted by molar-refractivity contribution is -0.123. The summed E-state index contributed by atoms with van der Waals surface area (Å²) in [6.07, 6.45) is 1.45. The maximum atomic E-state index is 11.6. The summed E-state index contributed by atoms with van der Waals surface area (Å²) in [5, 5.41) is 0. The van der Waals surface area contributed by atoms with Gasteiger partial charge in [0.25, 0.3) is 0 Å². The van der Waals surface area contributed by atoms with Gasteiger partial charge in [-0.3, -0.25) is 4.79 Å².